The molecular weight excluding hydrogens is 192 g/mol. The highest BCUT2D eigenvalue weighted by molar-refractivity contribution is 5.88. The molecule has 76 valence electrons. The van der Waals surface area contributed by atoms with E-state index in [1.54, 1.807) is 6.08 Å². The quantitative estimate of drug-likeness (QED) is 0.731. The molecule has 2 N–H and O–H groups in total. The number of carbonyl (C=O) groups is 1. The summed E-state index contributed by atoms with van der Waals surface area (Å²) in [6, 6.07) is 5.66. The van der Waals surface area contributed by atoms with Crippen LogP contribution in [0, 0.1) is 6.92 Å². The minimum absolute atomic E-state index is 0.841. The highest BCUT2D eigenvalue weighted by Crippen LogP contribution is 2.17. The van der Waals surface area contributed by atoms with Gasteiger partial charge in [0.1, 0.15) is 0 Å². The van der Waals surface area contributed by atoms with Crippen LogP contribution in [0.3, 0.4) is 0 Å². The maximum absolute atomic E-state index is 10.3. The standard InChI is InChI=1S/C11H10N2O2/c1-7-9-4-2-8(3-5-11(14)15)6-10(9)13-12-7/h2-6H,1H3,(H,12,13)(H,14,15)/b5-3+. The first-order chi connectivity index (χ1) is 7.16. The topological polar surface area (TPSA) is 66.0 Å². The van der Waals surface area contributed by atoms with Crippen molar-refractivity contribution in [1.29, 1.82) is 0 Å². The Kier molecular flexibility index (Phi) is 2.25. The molecule has 2 aromatic rings. The van der Waals surface area contributed by atoms with E-state index in [1.165, 1.54) is 0 Å². The van der Waals surface area contributed by atoms with Gasteiger partial charge in [0.05, 0.1) is 11.2 Å². The normalized spacial score (nSPS) is 11.3. The maximum Gasteiger partial charge on any atom is 0.328 e. The van der Waals surface area contributed by atoms with Crippen LogP contribution in [0.15, 0.2) is 24.3 Å². The third kappa shape index (κ3) is 1.88. The fraction of sp³-hybridized carbons (Fsp3) is 0.0909. The van der Waals surface area contributed by atoms with Crippen molar-refractivity contribution in [2.24, 2.45) is 0 Å². The molecule has 0 radical (unpaired) electrons. The Hall–Kier alpha value is -2.10. The number of hydrogen-bond donors (Lipinski definition) is 2. The maximum atomic E-state index is 10.3. The molecule has 1 aromatic heterocycles. The van der Waals surface area contributed by atoms with Gasteiger partial charge in [-0.1, -0.05) is 12.1 Å². The number of aromatic amines is 1. The zero-order valence-electron chi connectivity index (χ0n) is 8.19. The molecule has 0 atom stereocenters. The summed E-state index contributed by atoms with van der Waals surface area (Å²) in [7, 11) is 0. The van der Waals surface area contributed by atoms with Crippen LogP contribution in [0.1, 0.15) is 11.3 Å². The number of nitrogens with zero attached hydrogens (tertiary/aromatic N) is 1. The summed E-state index contributed by atoms with van der Waals surface area (Å²) >= 11 is 0. The number of H-pyrrole nitrogens is 1. The van der Waals surface area contributed by atoms with Gasteiger partial charge in [0, 0.05) is 11.5 Å². The van der Waals surface area contributed by atoms with E-state index in [-0.39, 0.29) is 0 Å². The summed E-state index contributed by atoms with van der Waals surface area (Å²) in [5.41, 5.74) is 2.70. The van der Waals surface area contributed by atoms with Crippen molar-refractivity contribution in [2.45, 2.75) is 6.92 Å². The van der Waals surface area contributed by atoms with E-state index in [0.29, 0.717) is 0 Å². The number of hydrogen-bond acceptors (Lipinski definition) is 2. The lowest BCUT2D eigenvalue weighted by Gasteiger charge is -1.93. The lowest BCUT2D eigenvalue weighted by Crippen LogP contribution is -1.85. The molecule has 0 saturated carbocycles. The minimum Gasteiger partial charge on any atom is -0.478 e. The smallest absolute Gasteiger partial charge is 0.328 e. The van der Waals surface area contributed by atoms with Gasteiger partial charge in [-0.25, -0.2) is 4.79 Å². The molecule has 0 fully saturated rings. The highest BCUT2D eigenvalue weighted by Gasteiger charge is 2.00. The third-order valence-corrected chi connectivity index (χ3v) is 2.20. The van der Waals surface area contributed by atoms with E-state index in [2.05, 4.69) is 10.2 Å². The Labute approximate surface area is 86.2 Å². The summed E-state index contributed by atoms with van der Waals surface area (Å²) in [6.45, 7) is 1.92. The average molecular weight is 202 g/mol. The van der Waals surface area contributed by atoms with Crippen molar-refractivity contribution < 1.29 is 9.90 Å². The van der Waals surface area contributed by atoms with Gasteiger partial charge in [-0.15, -0.1) is 0 Å². The third-order valence-electron chi connectivity index (χ3n) is 2.20. The summed E-state index contributed by atoms with van der Waals surface area (Å²) in [4.78, 5) is 10.3. The van der Waals surface area contributed by atoms with Crippen molar-refractivity contribution >= 4 is 22.9 Å². The number of rotatable bonds is 2. The highest BCUT2D eigenvalue weighted by atomic mass is 16.4. The molecule has 2 rings (SSSR count). The van der Waals surface area contributed by atoms with Crippen molar-refractivity contribution in [3.8, 4) is 0 Å². The van der Waals surface area contributed by atoms with E-state index >= 15 is 0 Å². The molecule has 4 heteroatoms. The fourth-order valence-electron chi connectivity index (χ4n) is 1.45. The molecule has 0 aliphatic carbocycles. The number of benzene rings is 1. The summed E-state index contributed by atoms with van der Waals surface area (Å²) in [6.07, 6.45) is 2.67. The van der Waals surface area contributed by atoms with Crippen LogP contribution in [-0.4, -0.2) is 21.3 Å². The first-order valence-corrected chi connectivity index (χ1v) is 4.52. The Bertz CT molecular complexity index is 541. The summed E-state index contributed by atoms with van der Waals surface area (Å²) in [5.74, 6) is -0.948. The molecule has 0 aliphatic rings. The lowest BCUT2D eigenvalue weighted by atomic mass is 10.1. The largest absolute Gasteiger partial charge is 0.478 e. The molecule has 0 saturated heterocycles. The Balaban J connectivity index is 2.43. The predicted octanol–water partition coefficient (Wildman–Crippen LogP) is 1.97. The monoisotopic (exact) mass is 202 g/mol. The van der Waals surface area contributed by atoms with Gasteiger partial charge in [0.2, 0.25) is 0 Å². The second kappa shape index (κ2) is 3.57. The molecule has 4 nitrogen and oxygen atoms in total. The minimum atomic E-state index is -0.948. The van der Waals surface area contributed by atoms with Crippen molar-refractivity contribution in [2.75, 3.05) is 0 Å². The van der Waals surface area contributed by atoms with Crippen LogP contribution in [-0.2, 0) is 4.79 Å². The van der Waals surface area contributed by atoms with Gasteiger partial charge in [-0.05, 0) is 24.6 Å². The molecule has 0 unspecified atom stereocenters. The van der Waals surface area contributed by atoms with Gasteiger partial charge in [0.25, 0.3) is 0 Å². The van der Waals surface area contributed by atoms with E-state index < -0.39 is 5.97 Å². The SMILES string of the molecule is Cc1n[nH]c2cc(/C=C/C(=O)O)ccc12. The van der Waals surface area contributed by atoms with Gasteiger partial charge in [0.15, 0.2) is 0 Å². The first kappa shape index (κ1) is 9.45. The van der Waals surface area contributed by atoms with Crippen LogP contribution in [0.25, 0.3) is 17.0 Å². The Morgan fingerprint density at radius 2 is 2.33 bits per heavy atom. The number of nitrogens with one attached hydrogen (secondary N) is 1. The Morgan fingerprint density at radius 3 is 3.07 bits per heavy atom. The second-order valence-corrected chi connectivity index (χ2v) is 3.29. The molecule has 0 spiro atoms. The molecule has 15 heavy (non-hydrogen) atoms. The predicted molar refractivity (Wildman–Crippen MR) is 57.5 cm³/mol. The van der Waals surface area contributed by atoms with Gasteiger partial charge in [-0.3, -0.25) is 5.10 Å². The summed E-state index contributed by atoms with van der Waals surface area (Å²) in [5, 5.41) is 16.5. The number of carboxylic acid groups (broad SMARTS) is 1. The summed E-state index contributed by atoms with van der Waals surface area (Å²) < 4.78 is 0. The van der Waals surface area contributed by atoms with Gasteiger partial charge in [-0.2, -0.15) is 5.10 Å². The fourth-order valence-corrected chi connectivity index (χ4v) is 1.45. The zero-order valence-corrected chi connectivity index (χ0v) is 8.19. The number of fused-ring (bicyclic) bond motifs is 1. The zero-order chi connectivity index (χ0) is 10.8. The second-order valence-electron chi connectivity index (χ2n) is 3.29. The number of aromatic nitrogens is 2. The number of aliphatic carboxylic acids is 1. The van der Waals surface area contributed by atoms with E-state index in [4.69, 9.17) is 5.11 Å². The number of aryl methyl sites for hydroxylation is 1. The first-order valence-electron chi connectivity index (χ1n) is 4.52. The molecule has 1 heterocycles. The molecule has 0 amide bonds. The van der Waals surface area contributed by atoms with Crippen LogP contribution in [0.4, 0.5) is 0 Å². The molecule has 0 bridgehead atoms. The Morgan fingerprint density at radius 1 is 1.53 bits per heavy atom. The number of carboxylic acids is 1. The van der Waals surface area contributed by atoms with Crippen molar-refractivity contribution in [3.63, 3.8) is 0 Å². The van der Waals surface area contributed by atoms with Crippen LogP contribution < -0.4 is 0 Å². The molecule has 1 aromatic carbocycles. The van der Waals surface area contributed by atoms with Crippen molar-refractivity contribution in [3.05, 3.63) is 35.5 Å². The van der Waals surface area contributed by atoms with Crippen LogP contribution in [0.5, 0.6) is 0 Å². The molecular formula is C11H10N2O2. The van der Waals surface area contributed by atoms with Crippen LogP contribution in [0.2, 0.25) is 0 Å². The van der Waals surface area contributed by atoms with E-state index in [1.807, 2.05) is 25.1 Å². The van der Waals surface area contributed by atoms with Gasteiger partial charge < -0.3 is 5.11 Å². The van der Waals surface area contributed by atoms with Crippen LogP contribution >= 0.6 is 0 Å². The molecule has 0 aliphatic heterocycles. The average Bonchev–Trinajstić information content (AvgIpc) is 2.57. The lowest BCUT2D eigenvalue weighted by molar-refractivity contribution is -0.131. The van der Waals surface area contributed by atoms with E-state index in [9.17, 15) is 4.79 Å². The van der Waals surface area contributed by atoms with Gasteiger partial charge >= 0.3 is 5.97 Å². The van der Waals surface area contributed by atoms with E-state index in [0.717, 1.165) is 28.2 Å². The van der Waals surface area contributed by atoms with Crippen molar-refractivity contribution in [1.82, 2.24) is 10.2 Å².